The van der Waals surface area contributed by atoms with Crippen LogP contribution in [-0.2, 0) is 23.7 Å². The Hall–Kier alpha value is -3.81. The average molecular weight is 647 g/mol. The third-order valence-electron chi connectivity index (χ3n) is 6.42. The van der Waals surface area contributed by atoms with Crippen LogP contribution in [0.3, 0.4) is 0 Å². The number of methoxy groups -OCH3 is 2. The van der Waals surface area contributed by atoms with Crippen molar-refractivity contribution in [1.29, 1.82) is 0 Å². The summed E-state index contributed by atoms with van der Waals surface area (Å²) in [7, 11) is 2.56. The Morgan fingerprint density at radius 1 is 0.909 bits per heavy atom. The minimum Gasteiger partial charge on any atom is -0.459 e. The lowest BCUT2D eigenvalue weighted by atomic mass is 10.1. The number of ether oxygens (including phenoxy) is 5. The van der Waals surface area contributed by atoms with Gasteiger partial charge in [0, 0.05) is 38.5 Å². The normalized spacial score (nSPS) is 27.6. The molecule has 2 saturated heterocycles. The van der Waals surface area contributed by atoms with Gasteiger partial charge in [-0.25, -0.2) is 18.4 Å². The van der Waals surface area contributed by atoms with Crippen LogP contribution < -0.4 is 0 Å². The monoisotopic (exact) mass is 646 g/mol. The Morgan fingerprint density at radius 3 is 1.84 bits per heavy atom. The first-order chi connectivity index (χ1) is 20.9. The molecule has 2 N–H and O–H groups in total. The molecule has 8 atom stereocenters. The smallest absolute Gasteiger partial charge is 0.338 e. The summed E-state index contributed by atoms with van der Waals surface area (Å²) in [4.78, 5) is 44.8. The van der Waals surface area contributed by atoms with Crippen molar-refractivity contribution in [2.24, 2.45) is 0 Å². The molecule has 0 saturated carbocycles. The number of benzene rings is 2. The quantitative estimate of drug-likeness (QED) is 0.216. The van der Waals surface area contributed by atoms with Crippen molar-refractivity contribution in [3.63, 3.8) is 0 Å². The van der Waals surface area contributed by atoms with Crippen LogP contribution in [0.5, 0.6) is 0 Å². The number of nitro groups is 2. The fourth-order valence-corrected chi connectivity index (χ4v) is 5.21. The molecule has 0 bridgehead atoms. The van der Waals surface area contributed by atoms with E-state index in [-0.39, 0.29) is 29.1 Å². The minimum absolute atomic E-state index is 0.0121. The molecular weight excluding hydrogens is 618 g/mol. The molecule has 18 heteroatoms. The fraction of sp³-hybridized carbons (Fsp3) is 0.462. The largest absolute Gasteiger partial charge is 0.459 e. The van der Waals surface area contributed by atoms with Crippen molar-refractivity contribution < 1.29 is 62.1 Å². The predicted octanol–water partition coefficient (Wildman–Crippen LogP) is 2.36. The van der Waals surface area contributed by atoms with Gasteiger partial charge in [0.1, 0.15) is 24.3 Å². The number of alkyl halides is 2. The Kier molecular flexibility index (Phi) is 12.4. The molecule has 2 aromatic rings. The molecule has 4 rings (SSSR count). The topological polar surface area (TPSA) is 207 Å². The molecule has 2 fully saturated rings. The number of hydrogen-bond donors (Lipinski definition) is 2. The third-order valence-corrected chi connectivity index (χ3v) is 7.92. The Morgan fingerprint density at radius 2 is 1.43 bits per heavy atom. The SMILES string of the molecule is COC1O[C@H](COC(=O)c2ccc([N+](=O)[O-])cc2)[C@@H](OC(=O)c2ccc([N+](=O)[O-])cc2)[C@@H]1F.COC1S[C@H](CO)[C@@H](O)[C@@H]1F. The molecule has 2 unspecified atom stereocenters. The fourth-order valence-electron chi connectivity index (χ4n) is 4.05. The first kappa shape index (κ1) is 34.7. The minimum atomic E-state index is -1.90. The maximum absolute atomic E-state index is 14.7. The Balaban J connectivity index is 0.000000404. The van der Waals surface area contributed by atoms with E-state index in [1.165, 1.54) is 26.4 Å². The maximum atomic E-state index is 14.7. The van der Waals surface area contributed by atoms with Gasteiger partial charge in [-0.15, -0.1) is 11.8 Å². The number of nitrogens with zero attached hydrogens (tertiary/aromatic N) is 2. The van der Waals surface area contributed by atoms with Gasteiger partial charge >= 0.3 is 11.9 Å². The lowest BCUT2D eigenvalue weighted by Gasteiger charge is -2.19. The van der Waals surface area contributed by atoms with E-state index in [2.05, 4.69) is 0 Å². The molecule has 0 aromatic heterocycles. The molecular formula is C26H28F2N2O13S. The second-order valence-corrected chi connectivity index (χ2v) is 10.5. The first-order valence-electron chi connectivity index (χ1n) is 12.7. The molecule has 0 spiro atoms. The predicted molar refractivity (Wildman–Crippen MR) is 146 cm³/mol. The van der Waals surface area contributed by atoms with E-state index >= 15 is 0 Å². The van der Waals surface area contributed by atoms with Crippen LogP contribution in [0.15, 0.2) is 48.5 Å². The molecule has 0 aliphatic carbocycles. The number of aliphatic hydroxyl groups is 2. The highest BCUT2D eigenvalue weighted by atomic mass is 32.2. The van der Waals surface area contributed by atoms with Crippen LogP contribution in [0.25, 0.3) is 0 Å². The Bertz CT molecular complexity index is 1290. The summed E-state index contributed by atoms with van der Waals surface area (Å²) in [5.41, 5.74) is -1.14. The first-order valence-corrected chi connectivity index (χ1v) is 13.7. The molecule has 44 heavy (non-hydrogen) atoms. The van der Waals surface area contributed by atoms with Crippen LogP contribution >= 0.6 is 11.8 Å². The van der Waals surface area contributed by atoms with Crippen LogP contribution in [-0.4, -0.2) is 107 Å². The van der Waals surface area contributed by atoms with Crippen molar-refractivity contribution in [2.45, 2.75) is 47.6 Å². The Labute approximate surface area is 252 Å². The van der Waals surface area contributed by atoms with Gasteiger partial charge in [0.2, 0.25) is 0 Å². The molecule has 2 aromatic carbocycles. The van der Waals surface area contributed by atoms with E-state index in [1.54, 1.807) is 0 Å². The third kappa shape index (κ3) is 8.42. The number of nitro benzene ring substituents is 2. The van der Waals surface area contributed by atoms with Crippen LogP contribution in [0, 0.1) is 20.2 Å². The van der Waals surface area contributed by atoms with Crippen LogP contribution in [0.2, 0.25) is 0 Å². The number of rotatable bonds is 10. The lowest BCUT2D eigenvalue weighted by molar-refractivity contribution is -0.385. The molecule has 2 aliphatic rings. The van der Waals surface area contributed by atoms with Gasteiger partial charge in [-0.2, -0.15) is 0 Å². The van der Waals surface area contributed by atoms with Gasteiger partial charge in [-0.05, 0) is 24.3 Å². The summed E-state index contributed by atoms with van der Waals surface area (Å²) in [6, 6.07) is 9.12. The molecule has 0 radical (unpaired) electrons. The van der Waals surface area contributed by atoms with Gasteiger partial charge in [0.25, 0.3) is 11.4 Å². The average Bonchev–Trinajstić information content (AvgIpc) is 3.49. The van der Waals surface area contributed by atoms with Gasteiger partial charge in [0.05, 0.1) is 32.8 Å². The summed E-state index contributed by atoms with van der Waals surface area (Å²) in [6.07, 6.45) is -8.49. The molecule has 0 amide bonds. The summed E-state index contributed by atoms with van der Waals surface area (Å²) in [5.74, 6) is -1.82. The molecule has 240 valence electrons. The van der Waals surface area contributed by atoms with Crippen molar-refractivity contribution in [1.82, 2.24) is 0 Å². The molecule has 2 aliphatic heterocycles. The van der Waals surface area contributed by atoms with Gasteiger partial charge in [-0.1, -0.05) is 0 Å². The highest BCUT2D eigenvalue weighted by Crippen LogP contribution is 2.36. The number of thioether (sulfide) groups is 1. The number of carbonyl (C=O) groups is 2. The van der Waals surface area contributed by atoms with Gasteiger partial charge in [0.15, 0.2) is 24.7 Å². The maximum Gasteiger partial charge on any atom is 0.338 e. The number of hydrogen-bond acceptors (Lipinski definition) is 14. The zero-order chi connectivity index (χ0) is 32.6. The number of aliphatic hydroxyl groups excluding tert-OH is 2. The van der Waals surface area contributed by atoms with E-state index in [0.717, 1.165) is 48.2 Å². The van der Waals surface area contributed by atoms with Crippen molar-refractivity contribution in [3.8, 4) is 0 Å². The van der Waals surface area contributed by atoms with E-state index in [0.29, 0.717) is 0 Å². The summed E-state index contributed by atoms with van der Waals surface area (Å²) in [6.45, 7) is -0.722. The zero-order valence-electron chi connectivity index (χ0n) is 23.1. The molecule has 2 heterocycles. The number of carbonyl (C=O) groups excluding carboxylic acids is 2. The standard InChI is InChI=1S/C20H17FN2O10.C6H11FO3S/c1-30-20-16(21)17(33-19(25)12-4-8-14(9-5-12)23(28)29)15(32-20)10-31-18(24)11-2-6-13(7-3-11)22(26)27;1-10-6-4(7)5(9)3(2-8)11-6/h2-9,15-17,20H,10H2,1H3;3-6,8-9H,2H2,1H3/t15-,16+,17-,20?;3-,4+,5-,6?/m11/s1. The number of esters is 2. The summed E-state index contributed by atoms with van der Waals surface area (Å²) in [5, 5.41) is 38.8. The van der Waals surface area contributed by atoms with E-state index < -0.39 is 76.0 Å². The van der Waals surface area contributed by atoms with Crippen LogP contribution in [0.1, 0.15) is 20.7 Å². The molecule has 15 nitrogen and oxygen atoms in total. The van der Waals surface area contributed by atoms with Crippen LogP contribution in [0.4, 0.5) is 20.2 Å². The van der Waals surface area contributed by atoms with Gasteiger partial charge < -0.3 is 33.9 Å². The second-order valence-electron chi connectivity index (χ2n) is 9.20. The van der Waals surface area contributed by atoms with Crippen molar-refractivity contribution in [2.75, 3.05) is 27.4 Å². The lowest BCUT2D eigenvalue weighted by Crippen LogP contribution is -2.37. The highest BCUT2D eigenvalue weighted by Gasteiger charge is 2.49. The number of non-ortho nitro benzene ring substituents is 2. The van der Waals surface area contributed by atoms with Gasteiger partial charge in [-0.3, -0.25) is 20.2 Å². The summed E-state index contributed by atoms with van der Waals surface area (Å²) >= 11 is 1.13. The zero-order valence-corrected chi connectivity index (χ0v) is 23.9. The summed E-state index contributed by atoms with van der Waals surface area (Å²) < 4.78 is 52.8. The van der Waals surface area contributed by atoms with E-state index in [4.69, 9.17) is 33.9 Å². The highest BCUT2D eigenvalue weighted by molar-refractivity contribution is 8.00. The van der Waals surface area contributed by atoms with Crippen molar-refractivity contribution >= 4 is 35.1 Å². The van der Waals surface area contributed by atoms with E-state index in [1.807, 2.05) is 0 Å². The van der Waals surface area contributed by atoms with Crippen molar-refractivity contribution in [3.05, 3.63) is 79.9 Å². The second kappa shape index (κ2) is 15.8. The van der Waals surface area contributed by atoms with E-state index in [9.17, 15) is 38.6 Å². The number of halogens is 2.